The summed E-state index contributed by atoms with van der Waals surface area (Å²) in [7, 11) is 0. The fourth-order valence-corrected chi connectivity index (χ4v) is 6.40. The minimum Gasteiger partial charge on any atom is -0.322 e. The Kier molecular flexibility index (Phi) is 6.51. The van der Waals surface area contributed by atoms with Crippen molar-refractivity contribution in [2.45, 2.75) is 69.7 Å². The number of likely N-dealkylation sites (tertiary alicyclic amines) is 2. The lowest BCUT2D eigenvalue weighted by molar-refractivity contribution is -0.128. The van der Waals surface area contributed by atoms with Gasteiger partial charge in [-0.15, -0.1) is 0 Å². The highest BCUT2D eigenvalue weighted by molar-refractivity contribution is 6.15. The van der Waals surface area contributed by atoms with Gasteiger partial charge in [0.1, 0.15) is 5.54 Å². The number of fused-ring (bicyclic) bond motifs is 1. The molecule has 2 saturated heterocycles. The van der Waals surface area contributed by atoms with Crippen LogP contribution in [0.25, 0.3) is 0 Å². The average Bonchev–Trinajstić information content (AvgIpc) is 3.14. The van der Waals surface area contributed by atoms with Crippen LogP contribution in [0.5, 0.6) is 0 Å². The smallest absolute Gasteiger partial charge is 0.250 e. The molecule has 1 aromatic rings. The third-order valence-corrected chi connectivity index (χ3v) is 8.21. The van der Waals surface area contributed by atoms with Gasteiger partial charge in [0.05, 0.1) is 17.9 Å². The number of benzene rings is 1. The van der Waals surface area contributed by atoms with Crippen molar-refractivity contribution in [3.8, 4) is 0 Å². The van der Waals surface area contributed by atoms with E-state index < -0.39 is 5.54 Å². The first kappa shape index (κ1) is 21.9. The van der Waals surface area contributed by atoms with E-state index in [1.54, 1.807) is 0 Å². The van der Waals surface area contributed by atoms with Crippen LogP contribution < -0.4 is 10.2 Å². The van der Waals surface area contributed by atoms with E-state index in [-0.39, 0.29) is 11.8 Å². The van der Waals surface area contributed by atoms with Gasteiger partial charge in [-0.05, 0) is 82.8 Å². The average molecular weight is 439 g/mol. The Bertz CT molecular complexity index is 819. The molecule has 174 valence electrons. The van der Waals surface area contributed by atoms with Crippen LogP contribution in [-0.2, 0) is 9.59 Å². The normalized spacial score (nSPS) is 24.9. The molecular formula is C26H38N4O2. The van der Waals surface area contributed by atoms with Gasteiger partial charge in [0.2, 0.25) is 5.91 Å². The van der Waals surface area contributed by atoms with Gasteiger partial charge in [-0.1, -0.05) is 37.8 Å². The Labute approximate surface area is 192 Å². The molecule has 5 rings (SSSR count). The molecule has 6 heteroatoms. The van der Waals surface area contributed by atoms with E-state index in [0.29, 0.717) is 6.54 Å². The van der Waals surface area contributed by atoms with E-state index >= 15 is 0 Å². The lowest BCUT2D eigenvalue weighted by Crippen LogP contribution is -2.62. The number of hydrogen-bond donors (Lipinski definition) is 1. The zero-order chi connectivity index (χ0) is 22.0. The zero-order valence-corrected chi connectivity index (χ0v) is 19.4. The number of rotatable bonds is 4. The van der Waals surface area contributed by atoms with Crippen molar-refractivity contribution < 1.29 is 9.59 Å². The molecule has 1 spiro atoms. The highest BCUT2D eigenvalue weighted by Gasteiger charge is 2.52. The maximum atomic E-state index is 13.7. The van der Waals surface area contributed by atoms with Crippen molar-refractivity contribution in [2.24, 2.45) is 5.92 Å². The Hall–Kier alpha value is -1.92. The lowest BCUT2D eigenvalue weighted by atomic mass is 9.89. The topological polar surface area (TPSA) is 55.9 Å². The number of amides is 2. The Morgan fingerprint density at radius 2 is 1.59 bits per heavy atom. The van der Waals surface area contributed by atoms with Crippen molar-refractivity contribution in [1.29, 1.82) is 0 Å². The van der Waals surface area contributed by atoms with Crippen LogP contribution in [0.3, 0.4) is 0 Å². The van der Waals surface area contributed by atoms with Crippen LogP contribution in [0, 0.1) is 5.92 Å². The molecule has 1 aromatic carbocycles. The van der Waals surface area contributed by atoms with Crippen molar-refractivity contribution in [3.63, 3.8) is 0 Å². The molecule has 0 atom stereocenters. The summed E-state index contributed by atoms with van der Waals surface area (Å²) in [6, 6.07) is 7.78. The summed E-state index contributed by atoms with van der Waals surface area (Å²) in [5.41, 5.74) is 0.936. The number of nitrogens with one attached hydrogen (secondary N) is 1. The van der Waals surface area contributed by atoms with E-state index in [0.717, 1.165) is 56.1 Å². The molecule has 3 aliphatic heterocycles. The molecule has 0 unspecified atom stereocenters. The van der Waals surface area contributed by atoms with Crippen LogP contribution in [0.1, 0.15) is 64.2 Å². The van der Waals surface area contributed by atoms with E-state index in [1.807, 2.05) is 29.2 Å². The Morgan fingerprint density at radius 3 is 2.31 bits per heavy atom. The second-order valence-corrected chi connectivity index (χ2v) is 10.4. The maximum absolute atomic E-state index is 13.7. The van der Waals surface area contributed by atoms with Crippen LogP contribution in [-0.4, -0.2) is 66.4 Å². The van der Waals surface area contributed by atoms with Crippen LogP contribution in [0.2, 0.25) is 0 Å². The summed E-state index contributed by atoms with van der Waals surface area (Å²) < 4.78 is 0. The molecule has 6 nitrogen and oxygen atoms in total. The van der Waals surface area contributed by atoms with Crippen molar-refractivity contribution in [2.75, 3.05) is 49.5 Å². The molecular weight excluding hydrogens is 400 g/mol. The van der Waals surface area contributed by atoms with Gasteiger partial charge >= 0.3 is 0 Å². The van der Waals surface area contributed by atoms with Crippen LogP contribution in [0.4, 0.5) is 11.4 Å². The SMILES string of the molecule is O=C(CN1CCC(CN2CCCCCC2)CC1)N1c2ccccc2NC(=O)C12CCCC2. The predicted molar refractivity (Wildman–Crippen MR) is 128 cm³/mol. The van der Waals surface area contributed by atoms with E-state index in [4.69, 9.17) is 0 Å². The minimum atomic E-state index is -0.698. The minimum absolute atomic E-state index is 0.00166. The van der Waals surface area contributed by atoms with Crippen molar-refractivity contribution in [3.05, 3.63) is 24.3 Å². The fraction of sp³-hybridized carbons (Fsp3) is 0.692. The first-order valence-corrected chi connectivity index (χ1v) is 12.8. The Morgan fingerprint density at radius 1 is 0.906 bits per heavy atom. The summed E-state index contributed by atoms with van der Waals surface area (Å²) in [5, 5.41) is 3.08. The number of hydrogen-bond acceptors (Lipinski definition) is 4. The Balaban J connectivity index is 1.23. The van der Waals surface area contributed by atoms with Crippen LogP contribution >= 0.6 is 0 Å². The molecule has 2 amide bonds. The van der Waals surface area contributed by atoms with Gasteiger partial charge < -0.3 is 10.2 Å². The highest BCUT2D eigenvalue weighted by atomic mass is 16.2. The fourth-order valence-electron chi connectivity index (χ4n) is 6.40. The van der Waals surface area contributed by atoms with E-state index in [1.165, 1.54) is 58.2 Å². The standard InChI is InChI=1S/C26H38N4O2/c31-24(20-29-17-11-21(12-18-29)19-28-15-7-1-2-8-16-28)30-23-10-4-3-9-22(23)27-25(32)26(30)13-5-6-14-26/h3-4,9-10,21H,1-2,5-8,11-20H2,(H,27,32). The van der Waals surface area contributed by atoms with Crippen LogP contribution in [0.15, 0.2) is 24.3 Å². The molecule has 4 aliphatic rings. The van der Waals surface area contributed by atoms with Gasteiger partial charge in [-0.25, -0.2) is 0 Å². The summed E-state index contributed by atoms with van der Waals surface area (Å²) in [6.07, 6.45) is 11.3. The monoisotopic (exact) mass is 438 g/mol. The molecule has 0 radical (unpaired) electrons. The summed E-state index contributed by atoms with van der Waals surface area (Å²) in [5.74, 6) is 0.834. The molecule has 0 bridgehead atoms. The summed E-state index contributed by atoms with van der Waals surface area (Å²) >= 11 is 0. The van der Waals surface area contributed by atoms with E-state index in [9.17, 15) is 9.59 Å². The predicted octanol–water partition coefficient (Wildman–Crippen LogP) is 3.87. The quantitative estimate of drug-likeness (QED) is 0.775. The van der Waals surface area contributed by atoms with E-state index in [2.05, 4.69) is 15.1 Å². The molecule has 3 heterocycles. The second-order valence-electron chi connectivity index (χ2n) is 10.4. The number of piperidine rings is 1. The summed E-state index contributed by atoms with van der Waals surface area (Å²) in [6.45, 7) is 6.14. The van der Waals surface area contributed by atoms with Gasteiger partial charge in [0, 0.05) is 6.54 Å². The van der Waals surface area contributed by atoms with Gasteiger partial charge in [0.25, 0.3) is 5.91 Å². The number of nitrogens with zero attached hydrogens (tertiary/aromatic N) is 3. The third kappa shape index (κ3) is 4.32. The molecule has 0 aromatic heterocycles. The van der Waals surface area contributed by atoms with Gasteiger partial charge in [0.15, 0.2) is 0 Å². The van der Waals surface area contributed by atoms with Crippen molar-refractivity contribution in [1.82, 2.24) is 9.80 Å². The van der Waals surface area contributed by atoms with Gasteiger partial charge in [-0.3, -0.25) is 19.4 Å². The summed E-state index contributed by atoms with van der Waals surface area (Å²) in [4.78, 5) is 33.7. The molecule has 1 N–H and O–H groups in total. The first-order valence-electron chi connectivity index (χ1n) is 12.8. The third-order valence-electron chi connectivity index (χ3n) is 8.21. The number of carbonyl (C=O) groups is 2. The molecule has 1 saturated carbocycles. The van der Waals surface area contributed by atoms with Crippen molar-refractivity contribution >= 4 is 23.2 Å². The second kappa shape index (κ2) is 9.52. The largest absolute Gasteiger partial charge is 0.322 e. The molecule has 1 aliphatic carbocycles. The number of carbonyl (C=O) groups excluding carboxylic acids is 2. The molecule has 32 heavy (non-hydrogen) atoms. The van der Waals surface area contributed by atoms with Gasteiger partial charge in [-0.2, -0.15) is 0 Å². The zero-order valence-electron chi connectivity index (χ0n) is 19.4. The first-order chi connectivity index (χ1) is 15.7. The highest BCUT2D eigenvalue weighted by Crippen LogP contribution is 2.45. The number of anilines is 2. The maximum Gasteiger partial charge on any atom is 0.250 e. The lowest BCUT2D eigenvalue weighted by Gasteiger charge is -2.45. The molecule has 3 fully saturated rings. The number of para-hydroxylation sites is 2.